The van der Waals surface area contributed by atoms with Gasteiger partial charge in [0.05, 0.1) is 5.69 Å². The van der Waals surface area contributed by atoms with E-state index in [-0.39, 0.29) is 17.7 Å². The van der Waals surface area contributed by atoms with Crippen molar-refractivity contribution in [3.63, 3.8) is 0 Å². The average Bonchev–Trinajstić information content (AvgIpc) is 3.03. The first-order valence-electron chi connectivity index (χ1n) is 7.17. The van der Waals surface area contributed by atoms with Crippen LogP contribution in [-0.4, -0.2) is 16.8 Å². The molecule has 6 heteroatoms. The van der Waals surface area contributed by atoms with Gasteiger partial charge < -0.3 is 10.6 Å². The third-order valence-corrected chi connectivity index (χ3v) is 4.44. The summed E-state index contributed by atoms with van der Waals surface area (Å²) in [6.07, 6.45) is 0.967. The normalized spacial score (nSPS) is 19.5. The van der Waals surface area contributed by atoms with E-state index in [1.54, 1.807) is 0 Å². The average molecular weight is 315 g/mol. The molecule has 1 aromatic heterocycles. The monoisotopic (exact) mass is 315 g/mol. The van der Waals surface area contributed by atoms with Crippen molar-refractivity contribution in [3.05, 3.63) is 29.6 Å². The van der Waals surface area contributed by atoms with Crippen molar-refractivity contribution < 1.29 is 9.59 Å². The molecule has 1 aliphatic rings. The largest absolute Gasteiger partial charge is 0.326 e. The number of carbonyl (C=O) groups excluding carboxylic acids is 2. The van der Waals surface area contributed by atoms with Gasteiger partial charge >= 0.3 is 0 Å². The highest BCUT2D eigenvalue weighted by molar-refractivity contribution is 7.14. The topological polar surface area (TPSA) is 71.1 Å². The van der Waals surface area contributed by atoms with Crippen LogP contribution in [0.5, 0.6) is 0 Å². The smallest absolute Gasteiger partial charge is 0.229 e. The number of hydrogen-bond donors (Lipinski definition) is 2. The molecule has 1 heterocycles. The Morgan fingerprint density at radius 1 is 1.23 bits per heavy atom. The molecule has 114 valence electrons. The first-order chi connectivity index (χ1) is 10.5. The molecule has 0 radical (unpaired) electrons. The molecule has 5 nitrogen and oxygen atoms in total. The quantitative estimate of drug-likeness (QED) is 0.908. The number of nitrogens with zero attached hydrogens (tertiary/aromatic N) is 1. The number of benzene rings is 1. The van der Waals surface area contributed by atoms with Gasteiger partial charge in [-0.25, -0.2) is 4.98 Å². The van der Waals surface area contributed by atoms with E-state index in [4.69, 9.17) is 0 Å². The molecule has 0 aliphatic heterocycles. The van der Waals surface area contributed by atoms with Gasteiger partial charge in [-0.3, -0.25) is 9.59 Å². The molecule has 2 aromatic rings. The molecular formula is C16H17N3O2S. The lowest BCUT2D eigenvalue weighted by molar-refractivity contribution is -0.117. The minimum Gasteiger partial charge on any atom is -0.326 e. The Morgan fingerprint density at radius 3 is 2.50 bits per heavy atom. The Kier molecular flexibility index (Phi) is 3.94. The summed E-state index contributed by atoms with van der Waals surface area (Å²) in [6.45, 7) is 3.55. The first kappa shape index (κ1) is 14.7. The Labute approximate surface area is 132 Å². The van der Waals surface area contributed by atoms with Crippen LogP contribution in [0, 0.1) is 11.8 Å². The molecular weight excluding hydrogens is 298 g/mol. The second-order valence-electron chi connectivity index (χ2n) is 5.61. The van der Waals surface area contributed by atoms with E-state index < -0.39 is 0 Å². The van der Waals surface area contributed by atoms with Crippen molar-refractivity contribution in [1.29, 1.82) is 0 Å². The minimum absolute atomic E-state index is 0.0643. The highest BCUT2D eigenvalue weighted by Gasteiger charge is 2.39. The Hall–Kier alpha value is -2.21. The van der Waals surface area contributed by atoms with Gasteiger partial charge in [-0.2, -0.15) is 0 Å². The van der Waals surface area contributed by atoms with Crippen LogP contribution in [0.3, 0.4) is 0 Å². The zero-order chi connectivity index (χ0) is 15.7. The summed E-state index contributed by atoms with van der Waals surface area (Å²) < 4.78 is 0. The van der Waals surface area contributed by atoms with Crippen molar-refractivity contribution in [3.8, 4) is 11.3 Å². The Morgan fingerprint density at radius 2 is 1.91 bits per heavy atom. The number of thiazole rings is 1. The fourth-order valence-corrected chi connectivity index (χ4v) is 3.00. The predicted octanol–water partition coefficient (Wildman–Crippen LogP) is 3.36. The number of amides is 2. The molecule has 1 fully saturated rings. The maximum atomic E-state index is 11.9. The summed E-state index contributed by atoms with van der Waals surface area (Å²) in [6, 6.07) is 7.46. The lowest BCUT2D eigenvalue weighted by Gasteiger charge is -2.03. The van der Waals surface area contributed by atoms with Crippen LogP contribution in [0.2, 0.25) is 0 Å². The van der Waals surface area contributed by atoms with E-state index in [9.17, 15) is 9.59 Å². The van der Waals surface area contributed by atoms with Gasteiger partial charge in [-0.05, 0) is 24.5 Å². The maximum Gasteiger partial charge on any atom is 0.229 e. The van der Waals surface area contributed by atoms with E-state index in [2.05, 4.69) is 22.5 Å². The molecule has 22 heavy (non-hydrogen) atoms. The van der Waals surface area contributed by atoms with Crippen LogP contribution in [0.25, 0.3) is 11.3 Å². The highest BCUT2D eigenvalue weighted by Crippen LogP contribution is 2.38. The third-order valence-electron chi connectivity index (χ3n) is 3.68. The van der Waals surface area contributed by atoms with Crippen LogP contribution >= 0.6 is 11.3 Å². The molecule has 1 aromatic carbocycles. The van der Waals surface area contributed by atoms with Crippen LogP contribution in [-0.2, 0) is 9.59 Å². The van der Waals surface area contributed by atoms with Gasteiger partial charge in [-0.1, -0.05) is 19.1 Å². The van der Waals surface area contributed by atoms with Gasteiger partial charge in [-0.15, -0.1) is 11.3 Å². The molecule has 1 saturated carbocycles. The van der Waals surface area contributed by atoms with Gasteiger partial charge in [0.1, 0.15) is 0 Å². The van der Waals surface area contributed by atoms with Crippen molar-refractivity contribution in [2.24, 2.45) is 11.8 Å². The molecule has 2 unspecified atom stereocenters. The first-order valence-corrected chi connectivity index (χ1v) is 8.05. The summed E-state index contributed by atoms with van der Waals surface area (Å²) in [7, 11) is 0. The molecule has 0 bridgehead atoms. The Balaban J connectivity index is 1.67. The standard InChI is InChI=1S/C16H17N3O2S/c1-9-7-13(9)15(21)19-16-18-14(8-22-16)11-3-5-12(6-4-11)17-10(2)20/h3-6,8-9,13H,7H2,1-2H3,(H,17,20)(H,18,19,21). The second kappa shape index (κ2) is 5.88. The van der Waals surface area contributed by atoms with Crippen molar-refractivity contribution in [2.45, 2.75) is 20.3 Å². The SMILES string of the molecule is CC(=O)Nc1ccc(-c2csc(NC(=O)C3CC3C)n2)cc1. The zero-order valence-corrected chi connectivity index (χ0v) is 13.2. The van der Waals surface area contributed by atoms with Crippen LogP contribution in [0.1, 0.15) is 20.3 Å². The number of hydrogen-bond acceptors (Lipinski definition) is 4. The van der Waals surface area contributed by atoms with E-state index in [0.29, 0.717) is 11.0 Å². The second-order valence-corrected chi connectivity index (χ2v) is 6.46. The van der Waals surface area contributed by atoms with Gasteiger partial charge in [0.25, 0.3) is 0 Å². The van der Waals surface area contributed by atoms with Crippen molar-refractivity contribution in [1.82, 2.24) is 4.98 Å². The number of nitrogens with one attached hydrogen (secondary N) is 2. The summed E-state index contributed by atoms with van der Waals surface area (Å²) in [5.74, 6) is 0.597. The fraction of sp³-hybridized carbons (Fsp3) is 0.312. The van der Waals surface area contributed by atoms with E-state index >= 15 is 0 Å². The summed E-state index contributed by atoms with van der Waals surface area (Å²) in [5, 5.41) is 8.14. The molecule has 2 amide bonds. The zero-order valence-electron chi connectivity index (χ0n) is 12.4. The molecule has 0 saturated heterocycles. The van der Waals surface area contributed by atoms with Crippen LogP contribution < -0.4 is 10.6 Å². The molecule has 2 atom stereocenters. The predicted molar refractivity (Wildman–Crippen MR) is 87.8 cm³/mol. The highest BCUT2D eigenvalue weighted by atomic mass is 32.1. The molecule has 3 rings (SSSR count). The van der Waals surface area contributed by atoms with Gasteiger partial charge in [0, 0.05) is 29.5 Å². The molecule has 0 spiro atoms. The molecule has 2 N–H and O–H groups in total. The third kappa shape index (κ3) is 3.33. The number of aromatic nitrogens is 1. The summed E-state index contributed by atoms with van der Waals surface area (Å²) in [5.41, 5.74) is 2.52. The Bertz CT molecular complexity index is 708. The van der Waals surface area contributed by atoms with E-state index in [0.717, 1.165) is 23.4 Å². The summed E-state index contributed by atoms with van der Waals surface area (Å²) >= 11 is 1.42. The van der Waals surface area contributed by atoms with Crippen molar-refractivity contribution >= 4 is 34.0 Å². The lowest BCUT2D eigenvalue weighted by atomic mass is 10.1. The van der Waals surface area contributed by atoms with Gasteiger partial charge in [0.15, 0.2) is 5.13 Å². The van der Waals surface area contributed by atoms with E-state index in [1.807, 2.05) is 29.6 Å². The number of anilines is 2. The minimum atomic E-state index is -0.0966. The van der Waals surface area contributed by atoms with Crippen molar-refractivity contribution in [2.75, 3.05) is 10.6 Å². The molecule has 1 aliphatic carbocycles. The number of carbonyl (C=O) groups is 2. The maximum absolute atomic E-state index is 11.9. The fourth-order valence-electron chi connectivity index (χ4n) is 2.28. The van der Waals surface area contributed by atoms with Crippen LogP contribution in [0.15, 0.2) is 29.6 Å². The summed E-state index contributed by atoms with van der Waals surface area (Å²) in [4.78, 5) is 27.3. The van der Waals surface area contributed by atoms with Gasteiger partial charge in [0.2, 0.25) is 11.8 Å². The van der Waals surface area contributed by atoms with Crippen LogP contribution in [0.4, 0.5) is 10.8 Å². The lowest BCUT2D eigenvalue weighted by Crippen LogP contribution is -2.14. The number of rotatable bonds is 4. The van der Waals surface area contributed by atoms with E-state index in [1.165, 1.54) is 18.3 Å².